The van der Waals surface area contributed by atoms with Crippen molar-refractivity contribution in [2.75, 3.05) is 18.0 Å². The molecule has 0 radical (unpaired) electrons. The summed E-state index contributed by atoms with van der Waals surface area (Å²) in [6, 6.07) is 13.2. The maximum atomic E-state index is 12.2. The van der Waals surface area contributed by atoms with Gasteiger partial charge in [-0.15, -0.1) is 0 Å². The predicted octanol–water partition coefficient (Wildman–Crippen LogP) is 2.60. The third-order valence-corrected chi connectivity index (χ3v) is 4.63. The van der Waals surface area contributed by atoms with Gasteiger partial charge in [0.25, 0.3) is 0 Å². The lowest BCUT2D eigenvalue weighted by molar-refractivity contribution is -0.126. The van der Waals surface area contributed by atoms with Gasteiger partial charge in [-0.25, -0.2) is 4.98 Å². The number of nitrogens with zero attached hydrogens (tertiary/aromatic N) is 2. The number of hydrogen-bond acceptors (Lipinski definition) is 4. The predicted molar refractivity (Wildman–Crippen MR) is 98.2 cm³/mol. The number of pyridine rings is 1. The van der Waals surface area contributed by atoms with Crippen LogP contribution in [-0.2, 0) is 16.9 Å². The number of rotatable bonds is 6. The molecule has 0 aliphatic carbocycles. The third kappa shape index (κ3) is 4.57. The van der Waals surface area contributed by atoms with Gasteiger partial charge in [-0.05, 0) is 43.0 Å². The molecule has 1 amide bonds. The highest BCUT2D eigenvalue weighted by molar-refractivity contribution is 5.77. The molecule has 5 heteroatoms. The van der Waals surface area contributed by atoms with Crippen molar-refractivity contribution in [2.45, 2.75) is 38.3 Å². The number of hydrogen-bond donors (Lipinski definition) is 2. The van der Waals surface area contributed by atoms with Crippen LogP contribution in [0.25, 0.3) is 0 Å². The Morgan fingerprint density at radius 1 is 1.24 bits per heavy atom. The van der Waals surface area contributed by atoms with Crippen LogP contribution in [0.3, 0.4) is 0 Å². The average molecular weight is 339 g/mol. The van der Waals surface area contributed by atoms with Gasteiger partial charge < -0.3 is 15.3 Å². The van der Waals surface area contributed by atoms with Crippen LogP contribution in [0.15, 0.2) is 48.7 Å². The number of aromatic nitrogens is 1. The summed E-state index contributed by atoms with van der Waals surface area (Å²) in [7, 11) is 0. The summed E-state index contributed by atoms with van der Waals surface area (Å²) in [5.74, 6) is 0.800. The number of anilines is 1. The first kappa shape index (κ1) is 17.4. The topological polar surface area (TPSA) is 65.5 Å². The first-order valence-electron chi connectivity index (χ1n) is 8.79. The van der Waals surface area contributed by atoms with Crippen molar-refractivity contribution >= 4 is 11.7 Å². The minimum Gasteiger partial charge on any atom is -0.385 e. The normalized spacial score (nSPS) is 16.5. The molecule has 1 atom stereocenters. The molecule has 1 aliphatic rings. The summed E-state index contributed by atoms with van der Waals surface area (Å²) in [5, 5.41) is 13.5. The molecule has 2 N–H and O–H groups in total. The second-order valence-corrected chi connectivity index (χ2v) is 6.81. The molecule has 5 nitrogen and oxygen atoms in total. The number of benzene rings is 1. The summed E-state index contributed by atoms with van der Waals surface area (Å²) in [6.45, 7) is 4.19. The van der Waals surface area contributed by atoms with Crippen LogP contribution in [0.1, 0.15) is 37.3 Å². The first-order valence-corrected chi connectivity index (χ1v) is 8.79. The molecule has 1 aromatic heterocycles. The van der Waals surface area contributed by atoms with Crippen LogP contribution in [0.2, 0.25) is 0 Å². The van der Waals surface area contributed by atoms with Gasteiger partial charge in [0.2, 0.25) is 5.91 Å². The van der Waals surface area contributed by atoms with E-state index >= 15 is 0 Å². The number of aliphatic hydroxyl groups is 1. The number of amides is 1. The highest BCUT2D eigenvalue weighted by atomic mass is 16.3. The van der Waals surface area contributed by atoms with E-state index in [4.69, 9.17) is 0 Å². The highest BCUT2D eigenvalue weighted by Gasteiger charge is 2.26. The Balaban J connectivity index is 1.56. The lowest BCUT2D eigenvalue weighted by Crippen LogP contribution is -2.32. The fourth-order valence-electron chi connectivity index (χ4n) is 3.16. The summed E-state index contributed by atoms with van der Waals surface area (Å²) in [4.78, 5) is 18.9. The SMILES string of the molecule is CC(O)(CC(=O)NCc1ccnc(N2CCCC2)c1)c1ccccc1. The molecule has 1 fully saturated rings. The molecule has 0 spiro atoms. The number of carbonyl (C=O) groups is 1. The van der Waals surface area contributed by atoms with Crippen molar-refractivity contribution in [3.05, 3.63) is 59.8 Å². The van der Waals surface area contributed by atoms with Crippen molar-refractivity contribution in [2.24, 2.45) is 0 Å². The van der Waals surface area contributed by atoms with Gasteiger partial charge in [-0.2, -0.15) is 0 Å². The molecular weight excluding hydrogens is 314 g/mol. The molecule has 2 aromatic rings. The Labute approximate surface area is 148 Å². The fourth-order valence-corrected chi connectivity index (χ4v) is 3.16. The zero-order valence-electron chi connectivity index (χ0n) is 14.6. The second kappa shape index (κ2) is 7.66. The summed E-state index contributed by atoms with van der Waals surface area (Å²) >= 11 is 0. The smallest absolute Gasteiger partial charge is 0.223 e. The Morgan fingerprint density at radius 2 is 1.96 bits per heavy atom. The van der Waals surface area contributed by atoms with E-state index in [-0.39, 0.29) is 12.3 Å². The zero-order valence-corrected chi connectivity index (χ0v) is 14.6. The first-order chi connectivity index (χ1) is 12.0. The van der Waals surface area contributed by atoms with Crippen LogP contribution < -0.4 is 10.2 Å². The van der Waals surface area contributed by atoms with Crippen molar-refractivity contribution < 1.29 is 9.90 Å². The van der Waals surface area contributed by atoms with E-state index in [0.29, 0.717) is 6.54 Å². The summed E-state index contributed by atoms with van der Waals surface area (Å²) in [6.07, 6.45) is 4.23. The monoisotopic (exact) mass is 339 g/mol. The Hall–Kier alpha value is -2.40. The molecule has 0 bridgehead atoms. The molecule has 0 saturated carbocycles. The molecule has 1 aromatic carbocycles. The Bertz CT molecular complexity index is 710. The van der Waals surface area contributed by atoms with Gasteiger partial charge in [0, 0.05) is 25.8 Å². The van der Waals surface area contributed by atoms with E-state index in [1.807, 2.05) is 42.5 Å². The van der Waals surface area contributed by atoms with Crippen molar-refractivity contribution in [3.63, 3.8) is 0 Å². The molecule has 1 unspecified atom stereocenters. The molecule has 1 aliphatic heterocycles. The average Bonchev–Trinajstić information content (AvgIpc) is 3.15. The summed E-state index contributed by atoms with van der Waals surface area (Å²) in [5.41, 5.74) is 0.583. The standard InChI is InChI=1S/C20H25N3O2/c1-20(25,17-7-3-2-4-8-17)14-19(24)22-15-16-9-10-21-18(13-16)23-11-5-6-12-23/h2-4,7-10,13,25H,5-6,11-12,14-15H2,1H3,(H,22,24). The quantitative estimate of drug-likeness (QED) is 0.849. The largest absolute Gasteiger partial charge is 0.385 e. The Morgan fingerprint density at radius 3 is 2.68 bits per heavy atom. The molecule has 25 heavy (non-hydrogen) atoms. The molecule has 132 valence electrons. The lowest BCUT2D eigenvalue weighted by Gasteiger charge is -2.23. The van der Waals surface area contributed by atoms with Gasteiger partial charge in [-0.1, -0.05) is 30.3 Å². The molecular formula is C20H25N3O2. The van der Waals surface area contributed by atoms with Gasteiger partial charge in [0.1, 0.15) is 5.82 Å². The van der Waals surface area contributed by atoms with Gasteiger partial charge >= 0.3 is 0 Å². The van der Waals surface area contributed by atoms with E-state index in [9.17, 15) is 9.90 Å². The highest BCUT2D eigenvalue weighted by Crippen LogP contribution is 2.24. The minimum absolute atomic E-state index is 0.0288. The van der Waals surface area contributed by atoms with E-state index in [1.54, 1.807) is 13.1 Å². The zero-order chi connectivity index (χ0) is 17.7. The van der Waals surface area contributed by atoms with E-state index in [0.717, 1.165) is 30.0 Å². The van der Waals surface area contributed by atoms with Crippen LogP contribution in [0.4, 0.5) is 5.82 Å². The second-order valence-electron chi connectivity index (χ2n) is 6.81. The van der Waals surface area contributed by atoms with Crippen molar-refractivity contribution in [3.8, 4) is 0 Å². The number of nitrogens with one attached hydrogen (secondary N) is 1. The fraction of sp³-hybridized carbons (Fsp3) is 0.400. The van der Waals surface area contributed by atoms with E-state index in [2.05, 4.69) is 15.2 Å². The Kier molecular flexibility index (Phi) is 5.34. The van der Waals surface area contributed by atoms with Gasteiger partial charge in [0.15, 0.2) is 0 Å². The van der Waals surface area contributed by atoms with E-state index < -0.39 is 5.60 Å². The van der Waals surface area contributed by atoms with Gasteiger partial charge in [-0.3, -0.25) is 4.79 Å². The van der Waals surface area contributed by atoms with E-state index in [1.165, 1.54) is 12.8 Å². The maximum absolute atomic E-state index is 12.2. The van der Waals surface area contributed by atoms with Gasteiger partial charge in [0.05, 0.1) is 12.0 Å². The lowest BCUT2D eigenvalue weighted by atomic mass is 9.92. The van der Waals surface area contributed by atoms with Crippen LogP contribution in [0.5, 0.6) is 0 Å². The molecule has 3 rings (SSSR count). The van der Waals surface area contributed by atoms with Crippen LogP contribution >= 0.6 is 0 Å². The third-order valence-electron chi connectivity index (χ3n) is 4.63. The molecule has 2 heterocycles. The van der Waals surface area contributed by atoms with Crippen molar-refractivity contribution in [1.82, 2.24) is 10.3 Å². The van der Waals surface area contributed by atoms with Crippen LogP contribution in [-0.4, -0.2) is 29.1 Å². The maximum Gasteiger partial charge on any atom is 0.223 e. The van der Waals surface area contributed by atoms with Crippen molar-refractivity contribution in [1.29, 1.82) is 0 Å². The summed E-state index contributed by atoms with van der Waals surface area (Å²) < 4.78 is 0. The minimum atomic E-state index is -1.18. The van der Waals surface area contributed by atoms with Crippen LogP contribution in [0, 0.1) is 0 Å². The molecule has 1 saturated heterocycles. The number of carbonyl (C=O) groups excluding carboxylic acids is 1.